The van der Waals surface area contributed by atoms with E-state index in [1.165, 1.54) is 17.5 Å². The highest BCUT2D eigenvalue weighted by atomic mass is 32.2. The highest BCUT2D eigenvalue weighted by molar-refractivity contribution is 7.87. The first-order chi connectivity index (χ1) is 11.6. The molecular formula is C19H28N2O2S. The van der Waals surface area contributed by atoms with Crippen LogP contribution in [-0.2, 0) is 23.1 Å². The molecule has 0 saturated heterocycles. The van der Waals surface area contributed by atoms with Crippen LogP contribution in [0.15, 0.2) is 24.3 Å². The van der Waals surface area contributed by atoms with Crippen molar-refractivity contribution in [2.45, 2.75) is 69.9 Å². The van der Waals surface area contributed by atoms with Gasteiger partial charge in [-0.25, -0.2) is 0 Å². The van der Waals surface area contributed by atoms with Gasteiger partial charge >= 0.3 is 0 Å². The molecule has 4 rings (SSSR count). The van der Waals surface area contributed by atoms with Crippen molar-refractivity contribution in [2.24, 2.45) is 11.8 Å². The molecule has 0 radical (unpaired) electrons. The Morgan fingerprint density at radius 1 is 0.792 bits per heavy atom. The second kappa shape index (κ2) is 6.77. The molecule has 3 aliphatic carbocycles. The fourth-order valence-electron chi connectivity index (χ4n) is 5.00. The molecule has 24 heavy (non-hydrogen) atoms. The predicted molar refractivity (Wildman–Crippen MR) is 95.9 cm³/mol. The lowest BCUT2D eigenvalue weighted by Gasteiger charge is -2.27. The van der Waals surface area contributed by atoms with Crippen molar-refractivity contribution in [3.63, 3.8) is 0 Å². The van der Waals surface area contributed by atoms with Crippen LogP contribution in [0, 0.1) is 11.8 Å². The third-order valence-corrected chi connectivity index (χ3v) is 7.45. The summed E-state index contributed by atoms with van der Waals surface area (Å²) in [5.41, 5.74) is 2.82. The highest BCUT2D eigenvalue weighted by Gasteiger charge is 2.41. The van der Waals surface area contributed by atoms with E-state index in [9.17, 15) is 8.42 Å². The zero-order valence-corrected chi connectivity index (χ0v) is 15.0. The van der Waals surface area contributed by atoms with E-state index in [1.807, 2.05) is 0 Å². The molecule has 4 nitrogen and oxygen atoms in total. The number of fused-ring (bicyclic) bond motifs is 3. The molecule has 2 unspecified atom stereocenters. The fraction of sp³-hybridized carbons (Fsp3) is 0.684. The SMILES string of the molecule is O=S(=O)(NC1CCCCC1)NC1C2CCC1Cc1ccccc1C2. The van der Waals surface area contributed by atoms with Crippen molar-refractivity contribution in [2.75, 3.05) is 0 Å². The third kappa shape index (κ3) is 3.53. The third-order valence-electron chi connectivity index (χ3n) is 6.22. The summed E-state index contributed by atoms with van der Waals surface area (Å²) in [7, 11) is -3.41. The molecule has 2 atom stereocenters. The molecule has 132 valence electrons. The minimum absolute atomic E-state index is 0.0819. The van der Waals surface area contributed by atoms with E-state index in [0.29, 0.717) is 11.8 Å². The number of hydrogen-bond donors (Lipinski definition) is 2. The maximum atomic E-state index is 12.6. The predicted octanol–water partition coefficient (Wildman–Crippen LogP) is 2.94. The molecule has 3 aliphatic rings. The van der Waals surface area contributed by atoms with Gasteiger partial charge in [0.2, 0.25) is 0 Å². The molecule has 0 aliphatic heterocycles. The topological polar surface area (TPSA) is 58.2 Å². The lowest BCUT2D eigenvalue weighted by atomic mass is 9.94. The summed E-state index contributed by atoms with van der Waals surface area (Å²) in [6, 6.07) is 8.82. The zero-order valence-electron chi connectivity index (χ0n) is 14.2. The minimum Gasteiger partial charge on any atom is -0.199 e. The van der Waals surface area contributed by atoms with E-state index >= 15 is 0 Å². The summed E-state index contributed by atoms with van der Waals surface area (Å²) >= 11 is 0. The Hall–Kier alpha value is -0.910. The van der Waals surface area contributed by atoms with Gasteiger partial charge in [0, 0.05) is 12.1 Å². The molecule has 1 aromatic rings. The monoisotopic (exact) mass is 348 g/mol. The molecule has 5 heteroatoms. The van der Waals surface area contributed by atoms with Crippen molar-refractivity contribution in [1.29, 1.82) is 0 Å². The zero-order chi connectivity index (χ0) is 16.6. The Labute approximate surface area is 145 Å². The molecule has 0 aromatic heterocycles. The molecule has 1 aromatic carbocycles. The maximum absolute atomic E-state index is 12.6. The van der Waals surface area contributed by atoms with Crippen LogP contribution in [0.5, 0.6) is 0 Å². The largest absolute Gasteiger partial charge is 0.277 e. The average molecular weight is 349 g/mol. The molecule has 2 bridgehead atoms. The number of hydrogen-bond acceptors (Lipinski definition) is 2. The molecule has 2 N–H and O–H groups in total. The number of rotatable bonds is 4. The van der Waals surface area contributed by atoms with Gasteiger partial charge in [-0.2, -0.15) is 17.9 Å². The van der Waals surface area contributed by atoms with Crippen LogP contribution < -0.4 is 9.44 Å². The van der Waals surface area contributed by atoms with E-state index in [-0.39, 0.29) is 12.1 Å². The molecule has 2 saturated carbocycles. The van der Waals surface area contributed by atoms with Crippen molar-refractivity contribution in [3.8, 4) is 0 Å². The van der Waals surface area contributed by atoms with Gasteiger partial charge in [0.25, 0.3) is 10.2 Å². The van der Waals surface area contributed by atoms with E-state index in [1.54, 1.807) is 0 Å². The van der Waals surface area contributed by atoms with Crippen molar-refractivity contribution in [3.05, 3.63) is 35.4 Å². The van der Waals surface area contributed by atoms with Gasteiger partial charge in [-0.15, -0.1) is 0 Å². The summed E-state index contributed by atoms with van der Waals surface area (Å²) in [4.78, 5) is 0. The summed E-state index contributed by atoms with van der Waals surface area (Å²) in [6.07, 6.45) is 9.73. The van der Waals surface area contributed by atoms with Crippen molar-refractivity contribution >= 4 is 10.2 Å². The Morgan fingerprint density at radius 3 is 1.96 bits per heavy atom. The molecule has 0 spiro atoms. The van der Waals surface area contributed by atoms with Gasteiger partial charge in [-0.3, -0.25) is 0 Å². The Bertz CT molecular complexity index is 649. The Kier molecular flexibility index (Phi) is 4.67. The second-order valence-electron chi connectivity index (χ2n) is 7.87. The van der Waals surface area contributed by atoms with Crippen LogP contribution in [0.2, 0.25) is 0 Å². The number of benzene rings is 1. The molecule has 0 heterocycles. The quantitative estimate of drug-likeness (QED) is 0.879. The Morgan fingerprint density at radius 2 is 1.38 bits per heavy atom. The van der Waals surface area contributed by atoms with Gasteiger partial charge < -0.3 is 0 Å². The van der Waals surface area contributed by atoms with Crippen molar-refractivity contribution in [1.82, 2.24) is 9.44 Å². The average Bonchev–Trinajstić information content (AvgIpc) is 2.82. The lowest BCUT2D eigenvalue weighted by Crippen LogP contribution is -2.50. The van der Waals surface area contributed by atoms with Crippen LogP contribution in [0.25, 0.3) is 0 Å². The molecule has 0 amide bonds. The second-order valence-corrected chi connectivity index (χ2v) is 9.35. The smallest absolute Gasteiger partial charge is 0.199 e. The summed E-state index contributed by atoms with van der Waals surface area (Å²) in [6.45, 7) is 0. The minimum atomic E-state index is -3.41. The lowest BCUT2D eigenvalue weighted by molar-refractivity contribution is 0.373. The van der Waals surface area contributed by atoms with Crippen LogP contribution in [0.4, 0.5) is 0 Å². The van der Waals surface area contributed by atoms with Crippen LogP contribution >= 0.6 is 0 Å². The van der Waals surface area contributed by atoms with Gasteiger partial charge in [0.15, 0.2) is 0 Å². The Balaban J connectivity index is 1.47. The number of nitrogens with one attached hydrogen (secondary N) is 2. The van der Waals surface area contributed by atoms with Crippen LogP contribution in [0.1, 0.15) is 56.1 Å². The summed E-state index contributed by atoms with van der Waals surface area (Å²) in [5, 5.41) is 0. The first-order valence-corrected chi connectivity index (χ1v) is 11.0. The first kappa shape index (κ1) is 16.6. The van der Waals surface area contributed by atoms with E-state index in [2.05, 4.69) is 33.7 Å². The summed E-state index contributed by atoms with van der Waals surface area (Å²) in [5.74, 6) is 0.864. The maximum Gasteiger partial charge on any atom is 0.277 e. The first-order valence-electron chi connectivity index (χ1n) is 9.47. The van der Waals surface area contributed by atoms with Gasteiger partial charge in [0.1, 0.15) is 0 Å². The van der Waals surface area contributed by atoms with E-state index in [0.717, 1.165) is 51.4 Å². The van der Waals surface area contributed by atoms with E-state index in [4.69, 9.17) is 0 Å². The van der Waals surface area contributed by atoms with Gasteiger partial charge in [-0.05, 0) is 61.5 Å². The van der Waals surface area contributed by atoms with Gasteiger partial charge in [0.05, 0.1) is 0 Å². The standard InChI is InChI=1S/C19H28N2O2S/c22-24(23,20-18-8-2-1-3-9-18)21-19-16-10-11-17(19)13-15-7-5-4-6-14(15)12-16/h4-7,16-21H,1-3,8-13H2. The van der Waals surface area contributed by atoms with Crippen LogP contribution in [0.3, 0.4) is 0 Å². The van der Waals surface area contributed by atoms with Crippen molar-refractivity contribution < 1.29 is 8.42 Å². The molecule has 2 fully saturated rings. The van der Waals surface area contributed by atoms with E-state index < -0.39 is 10.2 Å². The summed E-state index contributed by atoms with van der Waals surface area (Å²) < 4.78 is 31.3. The highest BCUT2D eigenvalue weighted by Crippen LogP contribution is 2.40. The van der Waals surface area contributed by atoms with Crippen LogP contribution in [-0.4, -0.2) is 20.5 Å². The normalized spacial score (nSPS) is 30.8. The fourth-order valence-corrected chi connectivity index (χ4v) is 6.48. The van der Waals surface area contributed by atoms with Gasteiger partial charge in [-0.1, -0.05) is 43.5 Å². The molecular weight excluding hydrogens is 320 g/mol.